The Kier molecular flexibility index (Phi) is 6.40. The molecule has 7 heteroatoms. The van der Waals surface area contributed by atoms with Gasteiger partial charge in [0.2, 0.25) is 0 Å². The molecule has 1 aromatic carbocycles. The van der Waals surface area contributed by atoms with Crippen LogP contribution >= 0.6 is 0 Å². The van der Waals surface area contributed by atoms with E-state index in [9.17, 15) is 10.1 Å². The van der Waals surface area contributed by atoms with Gasteiger partial charge in [-0.2, -0.15) is 10.4 Å². The fourth-order valence-electron chi connectivity index (χ4n) is 2.38. The number of nitrogens with two attached hydrogens (primary N) is 1. The number of urea groups is 1. The third-order valence-electron chi connectivity index (χ3n) is 3.97. The molecule has 0 radical (unpaired) electrons. The molecule has 0 fully saturated rings. The van der Waals surface area contributed by atoms with Gasteiger partial charge in [-0.25, -0.2) is 9.48 Å². The number of hydrogen-bond donors (Lipinski definition) is 3. The Bertz CT molecular complexity index is 747. The Morgan fingerprint density at radius 2 is 2.12 bits per heavy atom. The van der Waals surface area contributed by atoms with E-state index < -0.39 is 0 Å². The maximum absolute atomic E-state index is 11.7. The molecule has 0 spiro atoms. The van der Waals surface area contributed by atoms with E-state index in [2.05, 4.69) is 21.8 Å². The second-order valence-electron chi connectivity index (χ2n) is 5.88. The van der Waals surface area contributed by atoms with E-state index in [-0.39, 0.29) is 12.1 Å². The zero-order valence-electron chi connectivity index (χ0n) is 14.6. The lowest BCUT2D eigenvalue weighted by atomic mass is 10.1. The minimum absolute atomic E-state index is 0.145. The lowest BCUT2D eigenvalue weighted by Gasteiger charge is -2.12. The van der Waals surface area contributed by atoms with E-state index in [1.54, 1.807) is 4.68 Å². The summed E-state index contributed by atoms with van der Waals surface area (Å²) in [4.78, 5) is 11.7. The minimum atomic E-state index is -0.177. The average molecular weight is 340 g/mol. The number of nitriles is 1. The molecule has 132 valence electrons. The first-order valence-corrected chi connectivity index (χ1v) is 8.44. The van der Waals surface area contributed by atoms with E-state index >= 15 is 0 Å². The van der Waals surface area contributed by atoms with Gasteiger partial charge in [0, 0.05) is 12.6 Å². The molecule has 1 heterocycles. The molecule has 0 unspecified atom stereocenters. The summed E-state index contributed by atoms with van der Waals surface area (Å²) in [7, 11) is 0. The third kappa shape index (κ3) is 4.73. The van der Waals surface area contributed by atoms with Gasteiger partial charge in [0.05, 0.1) is 11.4 Å². The topological polar surface area (TPSA) is 109 Å². The Balaban J connectivity index is 1.97. The van der Waals surface area contributed by atoms with Crippen LogP contribution in [0.1, 0.15) is 37.9 Å². The number of amides is 2. The number of carbonyl (C=O) groups is 1. The summed E-state index contributed by atoms with van der Waals surface area (Å²) in [5, 5.41) is 19.5. The van der Waals surface area contributed by atoms with Crippen LogP contribution in [0.15, 0.2) is 30.3 Å². The first-order chi connectivity index (χ1) is 12.1. The van der Waals surface area contributed by atoms with Crippen LogP contribution in [0.5, 0.6) is 0 Å². The van der Waals surface area contributed by atoms with E-state index in [1.165, 1.54) is 0 Å². The van der Waals surface area contributed by atoms with Crippen molar-refractivity contribution in [3.8, 4) is 11.8 Å². The van der Waals surface area contributed by atoms with Crippen molar-refractivity contribution in [3.05, 3.63) is 41.6 Å². The van der Waals surface area contributed by atoms with Crippen molar-refractivity contribution in [2.75, 3.05) is 12.3 Å². The van der Waals surface area contributed by atoms with Crippen LogP contribution in [-0.4, -0.2) is 28.4 Å². The molecule has 4 N–H and O–H groups in total. The van der Waals surface area contributed by atoms with Crippen molar-refractivity contribution in [3.63, 3.8) is 0 Å². The number of benzene rings is 1. The number of para-hydroxylation sites is 1. The zero-order valence-corrected chi connectivity index (χ0v) is 14.6. The van der Waals surface area contributed by atoms with Crippen LogP contribution in [0.4, 0.5) is 10.6 Å². The van der Waals surface area contributed by atoms with Crippen LogP contribution in [0.25, 0.3) is 5.69 Å². The summed E-state index contributed by atoms with van der Waals surface area (Å²) in [6, 6.07) is 11.6. The molecular formula is C18H24N6O. The number of carbonyl (C=O) groups excluding carboxylic acids is 1. The average Bonchev–Trinajstić information content (AvgIpc) is 2.94. The number of hydrogen-bond acceptors (Lipinski definition) is 4. The number of aryl methyl sites for hydroxylation is 1. The first-order valence-electron chi connectivity index (χ1n) is 8.44. The monoisotopic (exact) mass is 340 g/mol. The van der Waals surface area contributed by atoms with Crippen LogP contribution < -0.4 is 16.4 Å². The lowest BCUT2D eigenvalue weighted by Crippen LogP contribution is -2.40. The Morgan fingerprint density at radius 3 is 2.76 bits per heavy atom. The van der Waals surface area contributed by atoms with Gasteiger partial charge in [-0.05, 0) is 38.3 Å². The predicted octanol–water partition coefficient (Wildman–Crippen LogP) is 2.36. The highest BCUT2D eigenvalue weighted by Crippen LogP contribution is 2.21. The number of nitrogens with zero attached hydrogens (tertiary/aromatic N) is 3. The Labute approximate surface area is 147 Å². The highest BCUT2D eigenvalue weighted by atomic mass is 16.2. The Morgan fingerprint density at radius 1 is 1.40 bits per heavy atom. The van der Waals surface area contributed by atoms with Gasteiger partial charge in [0.15, 0.2) is 0 Å². The second kappa shape index (κ2) is 8.73. The summed E-state index contributed by atoms with van der Waals surface area (Å²) in [5.41, 5.74) is 7.92. The van der Waals surface area contributed by atoms with E-state index in [1.807, 2.05) is 44.2 Å². The van der Waals surface area contributed by atoms with Crippen molar-refractivity contribution in [2.45, 2.75) is 39.2 Å². The van der Waals surface area contributed by atoms with Crippen molar-refractivity contribution in [1.29, 1.82) is 5.26 Å². The summed E-state index contributed by atoms with van der Waals surface area (Å²) in [6.45, 7) is 4.48. The van der Waals surface area contributed by atoms with Gasteiger partial charge in [0.1, 0.15) is 17.5 Å². The smallest absolute Gasteiger partial charge is 0.314 e. The second-order valence-corrected chi connectivity index (χ2v) is 5.88. The molecule has 0 saturated carbocycles. The molecule has 7 nitrogen and oxygen atoms in total. The van der Waals surface area contributed by atoms with Gasteiger partial charge < -0.3 is 16.4 Å². The highest BCUT2D eigenvalue weighted by Gasteiger charge is 2.16. The van der Waals surface area contributed by atoms with Gasteiger partial charge in [-0.1, -0.05) is 25.1 Å². The SMILES string of the molecule is CC[C@H](C)NC(=O)NCCCc1nn(-c2ccccc2)c(N)c1C#N. The fourth-order valence-corrected chi connectivity index (χ4v) is 2.38. The minimum Gasteiger partial charge on any atom is -0.382 e. The van der Waals surface area contributed by atoms with E-state index in [4.69, 9.17) is 5.73 Å². The predicted molar refractivity (Wildman–Crippen MR) is 97.3 cm³/mol. The Hall–Kier alpha value is -3.01. The van der Waals surface area contributed by atoms with Crippen LogP contribution in [0.3, 0.4) is 0 Å². The molecule has 25 heavy (non-hydrogen) atoms. The molecule has 2 rings (SSSR count). The maximum Gasteiger partial charge on any atom is 0.314 e. The number of anilines is 1. The molecular weight excluding hydrogens is 316 g/mol. The van der Waals surface area contributed by atoms with Gasteiger partial charge in [-0.15, -0.1) is 0 Å². The molecule has 0 aliphatic rings. The van der Waals surface area contributed by atoms with Crippen LogP contribution in [0, 0.1) is 11.3 Å². The van der Waals surface area contributed by atoms with Crippen molar-refractivity contribution >= 4 is 11.8 Å². The standard InChI is InChI=1S/C18H24N6O/c1-3-13(2)22-18(25)21-11-7-10-16-15(12-19)17(20)24(23-16)14-8-5-4-6-9-14/h4-6,8-9,13H,3,7,10-11,20H2,1-2H3,(H2,21,22,25)/t13-/m0/s1. The highest BCUT2D eigenvalue weighted by molar-refractivity contribution is 5.74. The molecule has 0 aliphatic carbocycles. The largest absolute Gasteiger partial charge is 0.382 e. The summed E-state index contributed by atoms with van der Waals surface area (Å²) in [5.74, 6) is 0.339. The normalized spacial score (nSPS) is 11.6. The molecule has 0 aliphatic heterocycles. The fraction of sp³-hybridized carbons (Fsp3) is 0.389. The number of nitrogen functional groups attached to an aromatic ring is 1. The maximum atomic E-state index is 11.7. The molecule has 0 bridgehead atoms. The van der Waals surface area contributed by atoms with Crippen molar-refractivity contribution < 1.29 is 4.79 Å². The molecule has 2 aromatic rings. The van der Waals surface area contributed by atoms with Crippen LogP contribution in [-0.2, 0) is 6.42 Å². The number of nitrogens with one attached hydrogen (secondary N) is 2. The quantitative estimate of drug-likeness (QED) is 0.672. The zero-order chi connectivity index (χ0) is 18.2. The molecule has 0 saturated heterocycles. The first kappa shape index (κ1) is 18.3. The van der Waals surface area contributed by atoms with Crippen molar-refractivity contribution in [2.24, 2.45) is 0 Å². The number of aromatic nitrogens is 2. The van der Waals surface area contributed by atoms with Gasteiger partial charge >= 0.3 is 6.03 Å². The van der Waals surface area contributed by atoms with Gasteiger partial charge in [0.25, 0.3) is 0 Å². The van der Waals surface area contributed by atoms with Crippen molar-refractivity contribution in [1.82, 2.24) is 20.4 Å². The summed E-state index contributed by atoms with van der Waals surface area (Å²) >= 11 is 0. The van der Waals surface area contributed by atoms with Crippen LogP contribution in [0.2, 0.25) is 0 Å². The van der Waals surface area contributed by atoms with E-state index in [0.717, 1.165) is 12.1 Å². The van der Waals surface area contributed by atoms with E-state index in [0.29, 0.717) is 36.5 Å². The summed E-state index contributed by atoms with van der Waals surface area (Å²) in [6.07, 6.45) is 2.12. The summed E-state index contributed by atoms with van der Waals surface area (Å²) < 4.78 is 1.58. The molecule has 1 aromatic heterocycles. The van der Waals surface area contributed by atoms with Gasteiger partial charge in [-0.3, -0.25) is 0 Å². The molecule has 1 atom stereocenters. The lowest BCUT2D eigenvalue weighted by molar-refractivity contribution is 0.237. The molecule has 2 amide bonds. The third-order valence-corrected chi connectivity index (χ3v) is 3.97. The number of rotatable bonds is 7.